The Labute approximate surface area is 169 Å². The SMILES string of the molecule is O=C(c1cccs1)N1CCC[C@H]1c1nc2cc(-c3ccc(F)c(F)c3)ccc2o1. The molecule has 4 nitrogen and oxygen atoms in total. The van der Waals surface area contributed by atoms with Crippen molar-refractivity contribution in [3.8, 4) is 11.1 Å². The maximum Gasteiger partial charge on any atom is 0.264 e. The fourth-order valence-corrected chi connectivity index (χ4v) is 4.43. The Hall–Kier alpha value is -3.06. The van der Waals surface area contributed by atoms with Crippen molar-refractivity contribution >= 4 is 28.3 Å². The Morgan fingerprint density at radius 3 is 2.72 bits per heavy atom. The van der Waals surface area contributed by atoms with E-state index >= 15 is 0 Å². The van der Waals surface area contributed by atoms with Crippen LogP contribution in [0, 0.1) is 11.6 Å². The van der Waals surface area contributed by atoms with Crippen LogP contribution in [0.15, 0.2) is 58.3 Å². The summed E-state index contributed by atoms with van der Waals surface area (Å²) in [5, 5.41) is 1.89. The van der Waals surface area contributed by atoms with Crippen molar-refractivity contribution in [2.45, 2.75) is 18.9 Å². The van der Waals surface area contributed by atoms with E-state index in [4.69, 9.17) is 4.42 Å². The van der Waals surface area contributed by atoms with Crippen molar-refractivity contribution in [1.29, 1.82) is 0 Å². The first-order valence-corrected chi connectivity index (χ1v) is 10.2. The zero-order valence-electron chi connectivity index (χ0n) is 15.3. The molecule has 3 heterocycles. The molecule has 2 aromatic heterocycles. The Morgan fingerprint density at radius 2 is 1.93 bits per heavy atom. The van der Waals surface area contributed by atoms with Crippen molar-refractivity contribution in [1.82, 2.24) is 9.88 Å². The minimum atomic E-state index is -0.892. The van der Waals surface area contributed by atoms with Crippen LogP contribution in [0.4, 0.5) is 8.78 Å². The highest BCUT2D eigenvalue weighted by atomic mass is 32.1. The summed E-state index contributed by atoms with van der Waals surface area (Å²) < 4.78 is 32.7. The van der Waals surface area contributed by atoms with Gasteiger partial charge in [-0.2, -0.15) is 0 Å². The Balaban J connectivity index is 1.48. The van der Waals surface area contributed by atoms with E-state index in [2.05, 4.69) is 4.98 Å². The number of rotatable bonds is 3. The van der Waals surface area contributed by atoms with Gasteiger partial charge in [0, 0.05) is 6.54 Å². The third kappa shape index (κ3) is 3.21. The lowest BCUT2D eigenvalue weighted by atomic mass is 10.1. The second-order valence-electron chi connectivity index (χ2n) is 7.00. The normalized spacial score (nSPS) is 16.6. The Bertz CT molecular complexity index is 1200. The number of halogens is 2. The predicted octanol–water partition coefficient (Wildman–Crippen LogP) is 5.81. The van der Waals surface area contributed by atoms with Crippen molar-refractivity contribution < 1.29 is 18.0 Å². The van der Waals surface area contributed by atoms with Gasteiger partial charge >= 0.3 is 0 Å². The monoisotopic (exact) mass is 410 g/mol. The number of fused-ring (bicyclic) bond motifs is 1. The number of nitrogens with zero attached hydrogens (tertiary/aromatic N) is 2. The number of carbonyl (C=O) groups is 1. The number of aromatic nitrogens is 1. The van der Waals surface area contributed by atoms with E-state index in [-0.39, 0.29) is 11.9 Å². The molecule has 1 fully saturated rings. The second-order valence-corrected chi connectivity index (χ2v) is 7.95. The Kier molecular flexibility index (Phi) is 4.39. The Morgan fingerprint density at radius 1 is 1.10 bits per heavy atom. The molecule has 29 heavy (non-hydrogen) atoms. The summed E-state index contributed by atoms with van der Waals surface area (Å²) in [5.41, 5.74) is 2.50. The summed E-state index contributed by atoms with van der Waals surface area (Å²) in [6.45, 7) is 0.667. The van der Waals surface area contributed by atoms with Gasteiger partial charge < -0.3 is 9.32 Å². The van der Waals surface area contributed by atoms with Crippen molar-refractivity contribution in [2.75, 3.05) is 6.54 Å². The molecule has 4 aromatic rings. The molecule has 0 radical (unpaired) electrons. The number of benzene rings is 2. The van der Waals surface area contributed by atoms with Crippen molar-refractivity contribution in [2.24, 2.45) is 0 Å². The first kappa shape index (κ1) is 18.0. The first-order valence-electron chi connectivity index (χ1n) is 9.30. The summed E-state index contributed by atoms with van der Waals surface area (Å²) in [4.78, 5) is 19.9. The summed E-state index contributed by atoms with van der Waals surface area (Å²) in [6, 6.07) is 12.6. The fraction of sp³-hybridized carbons (Fsp3) is 0.182. The number of oxazole rings is 1. The van der Waals surface area contributed by atoms with E-state index < -0.39 is 11.6 Å². The van der Waals surface area contributed by atoms with Crippen LogP contribution in [0.25, 0.3) is 22.2 Å². The highest BCUT2D eigenvalue weighted by molar-refractivity contribution is 7.12. The smallest absolute Gasteiger partial charge is 0.264 e. The molecule has 1 saturated heterocycles. The van der Waals surface area contributed by atoms with Crippen LogP contribution >= 0.6 is 11.3 Å². The number of carbonyl (C=O) groups excluding carboxylic acids is 1. The highest BCUT2D eigenvalue weighted by Crippen LogP contribution is 2.35. The molecule has 2 aromatic carbocycles. The summed E-state index contributed by atoms with van der Waals surface area (Å²) in [6.07, 6.45) is 1.68. The summed E-state index contributed by atoms with van der Waals surface area (Å²) in [5.74, 6) is -1.27. The highest BCUT2D eigenvalue weighted by Gasteiger charge is 2.34. The van der Waals surface area contributed by atoms with Crippen LogP contribution in [0.1, 0.15) is 34.4 Å². The molecule has 0 saturated carbocycles. The van der Waals surface area contributed by atoms with E-state index in [9.17, 15) is 13.6 Å². The van der Waals surface area contributed by atoms with Crippen LogP contribution < -0.4 is 0 Å². The van der Waals surface area contributed by atoms with E-state index in [0.29, 0.717) is 39.5 Å². The lowest BCUT2D eigenvalue weighted by molar-refractivity contribution is 0.0722. The van der Waals surface area contributed by atoms with Gasteiger partial charge in [0.15, 0.2) is 17.2 Å². The van der Waals surface area contributed by atoms with Gasteiger partial charge in [0.05, 0.1) is 4.88 Å². The molecule has 146 valence electrons. The van der Waals surface area contributed by atoms with Gasteiger partial charge in [0.25, 0.3) is 5.91 Å². The average Bonchev–Trinajstić information content (AvgIpc) is 3.48. The van der Waals surface area contributed by atoms with Gasteiger partial charge in [0.2, 0.25) is 5.89 Å². The number of amides is 1. The largest absolute Gasteiger partial charge is 0.438 e. The molecule has 0 spiro atoms. The van der Waals surface area contributed by atoms with Crippen LogP contribution in [0.2, 0.25) is 0 Å². The average molecular weight is 410 g/mol. The molecule has 0 bridgehead atoms. The zero-order chi connectivity index (χ0) is 20.0. The molecule has 0 N–H and O–H groups in total. The van der Waals surface area contributed by atoms with Crippen molar-refractivity contribution in [3.63, 3.8) is 0 Å². The van der Waals surface area contributed by atoms with Gasteiger partial charge in [-0.1, -0.05) is 18.2 Å². The predicted molar refractivity (Wildman–Crippen MR) is 107 cm³/mol. The van der Waals surface area contributed by atoms with Gasteiger partial charge in [-0.25, -0.2) is 13.8 Å². The quantitative estimate of drug-likeness (QED) is 0.428. The van der Waals surface area contributed by atoms with E-state index in [1.54, 1.807) is 18.2 Å². The minimum absolute atomic E-state index is 0.00719. The number of hydrogen-bond donors (Lipinski definition) is 0. The van der Waals surface area contributed by atoms with Crippen LogP contribution in [-0.4, -0.2) is 22.3 Å². The summed E-state index contributed by atoms with van der Waals surface area (Å²) >= 11 is 1.42. The zero-order valence-corrected chi connectivity index (χ0v) is 16.1. The third-order valence-corrected chi connectivity index (χ3v) is 6.05. The molecule has 1 amide bonds. The first-order chi connectivity index (χ1) is 14.1. The lowest BCUT2D eigenvalue weighted by Gasteiger charge is -2.21. The molecule has 7 heteroatoms. The maximum atomic E-state index is 13.6. The number of likely N-dealkylation sites (tertiary alicyclic amines) is 1. The standard InChI is InChI=1S/C22H16F2N2O2S/c23-15-7-5-13(11-16(15)24)14-6-8-19-17(12-14)25-21(28-19)18-3-1-9-26(18)22(27)20-4-2-10-29-20/h2,4-8,10-12,18H,1,3,9H2/t18-/m0/s1. The fourth-order valence-electron chi connectivity index (χ4n) is 3.75. The minimum Gasteiger partial charge on any atom is -0.438 e. The molecule has 1 atom stereocenters. The topological polar surface area (TPSA) is 46.3 Å². The molecule has 0 aliphatic carbocycles. The number of hydrogen-bond acceptors (Lipinski definition) is 4. The van der Waals surface area contributed by atoms with E-state index in [1.807, 2.05) is 22.4 Å². The van der Waals surface area contributed by atoms with E-state index in [0.717, 1.165) is 25.0 Å². The molecular formula is C22H16F2N2O2S. The van der Waals surface area contributed by atoms with Crippen LogP contribution in [-0.2, 0) is 0 Å². The molecular weight excluding hydrogens is 394 g/mol. The van der Waals surface area contributed by atoms with Gasteiger partial charge in [-0.3, -0.25) is 4.79 Å². The maximum absolute atomic E-state index is 13.6. The van der Waals surface area contributed by atoms with Crippen LogP contribution in [0.3, 0.4) is 0 Å². The van der Waals surface area contributed by atoms with Gasteiger partial charge in [-0.05, 0) is 59.7 Å². The third-order valence-electron chi connectivity index (χ3n) is 5.19. The molecule has 0 unspecified atom stereocenters. The second kappa shape index (κ2) is 7.08. The molecule has 1 aliphatic heterocycles. The van der Waals surface area contributed by atoms with E-state index in [1.165, 1.54) is 17.4 Å². The number of thiophene rings is 1. The summed E-state index contributed by atoms with van der Waals surface area (Å²) in [7, 11) is 0. The lowest BCUT2D eigenvalue weighted by Crippen LogP contribution is -2.30. The van der Waals surface area contributed by atoms with Gasteiger partial charge in [-0.15, -0.1) is 11.3 Å². The van der Waals surface area contributed by atoms with Crippen molar-refractivity contribution in [3.05, 3.63) is 76.3 Å². The van der Waals surface area contributed by atoms with Gasteiger partial charge in [0.1, 0.15) is 11.6 Å². The molecule has 5 rings (SSSR count). The molecule has 1 aliphatic rings. The van der Waals surface area contributed by atoms with Crippen LogP contribution in [0.5, 0.6) is 0 Å².